The van der Waals surface area contributed by atoms with E-state index < -0.39 is 5.60 Å². The van der Waals surface area contributed by atoms with E-state index in [9.17, 15) is 4.79 Å². The van der Waals surface area contributed by atoms with Gasteiger partial charge in [-0.3, -0.25) is 0 Å². The van der Waals surface area contributed by atoms with E-state index in [1.807, 2.05) is 32.9 Å². The van der Waals surface area contributed by atoms with Gasteiger partial charge in [0.05, 0.1) is 6.61 Å². The minimum absolute atomic E-state index is 0.237. The summed E-state index contributed by atoms with van der Waals surface area (Å²) < 4.78 is 12.1. The molecule has 1 amide bonds. The Labute approximate surface area is 140 Å². The molecule has 0 aliphatic carbocycles. The van der Waals surface area contributed by atoms with Gasteiger partial charge >= 0.3 is 6.09 Å². The van der Waals surface area contributed by atoms with Crippen LogP contribution in [0, 0.1) is 5.92 Å². The molecule has 0 spiro atoms. The molecule has 6 heteroatoms. The maximum absolute atomic E-state index is 12.1. The second kappa shape index (κ2) is 7.31. The zero-order valence-electron chi connectivity index (χ0n) is 13.3. The number of carbonyl (C=O) groups excluding carboxylic acids is 1. The minimum atomic E-state index is -0.456. The number of halogens is 1. The van der Waals surface area contributed by atoms with Crippen molar-refractivity contribution in [1.82, 2.24) is 9.88 Å². The number of piperidine rings is 1. The lowest BCUT2D eigenvalue weighted by Crippen LogP contribution is -2.44. The molecule has 0 bridgehead atoms. The van der Waals surface area contributed by atoms with Gasteiger partial charge in [0.25, 0.3) is 0 Å². The quantitative estimate of drug-likeness (QED) is 0.810. The lowest BCUT2D eigenvalue weighted by molar-refractivity contribution is 0.0138. The Morgan fingerprint density at radius 3 is 2.86 bits per heavy atom. The molecule has 0 radical (unpaired) electrons. The fourth-order valence-electron chi connectivity index (χ4n) is 2.34. The van der Waals surface area contributed by atoms with Gasteiger partial charge in [-0.1, -0.05) is 0 Å². The van der Waals surface area contributed by atoms with E-state index in [2.05, 4.69) is 20.9 Å². The molecule has 1 aromatic heterocycles. The second-order valence-corrected chi connectivity index (χ2v) is 7.48. The number of ether oxygens (including phenoxy) is 2. The van der Waals surface area contributed by atoms with Crippen LogP contribution in [0.5, 0.6) is 5.88 Å². The third-order valence-electron chi connectivity index (χ3n) is 3.34. The third kappa shape index (κ3) is 5.48. The number of likely N-dealkylation sites (tertiary alicyclic amines) is 1. The number of nitrogens with zero attached hydrogens (tertiary/aromatic N) is 2. The number of amides is 1. The van der Waals surface area contributed by atoms with Gasteiger partial charge in [-0.25, -0.2) is 9.78 Å². The maximum atomic E-state index is 12.1. The molecule has 1 aliphatic heterocycles. The normalized spacial score (nSPS) is 18.9. The molecule has 1 aromatic rings. The Hall–Kier alpha value is -1.30. The number of aromatic nitrogens is 1. The highest BCUT2D eigenvalue weighted by molar-refractivity contribution is 9.10. The van der Waals surface area contributed by atoms with Crippen LogP contribution in [0.3, 0.4) is 0 Å². The van der Waals surface area contributed by atoms with Gasteiger partial charge in [0.15, 0.2) is 0 Å². The third-order valence-corrected chi connectivity index (χ3v) is 3.81. The smallest absolute Gasteiger partial charge is 0.410 e. The number of carbonyl (C=O) groups is 1. The highest BCUT2D eigenvalue weighted by Crippen LogP contribution is 2.20. The van der Waals surface area contributed by atoms with Crippen LogP contribution in [-0.4, -0.2) is 41.3 Å². The molecule has 5 nitrogen and oxygen atoms in total. The first-order chi connectivity index (χ1) is 10.3. The van der Waals surface area contributed by atoms with Crippen molar-refractivity contribution in [2.24, 2.45) is 5.92 Å². The number of pyridine rings is 1. The molecule has 0 N–H and O–H groups in total. The Balaban J connectivity index is 1.82. The monoisotopic (exact) mass is 370 g/mol. The number of hydrogen-bond donors (Lipinski definition) is 0. The summed E-state index contributed by atoms with van der Waals surface area (Å²) in [6.45, 7) is 7.64. The fraction of sp³-hybridized carbons (Fsp3) is 0.625. The van der Waals surface area contributed by atoms with Crippen LogP contribution in [0.4, 0.5) is 4.79 Å². The van der Waals surface area contributed by atoms with E-state index in [1.165, 1.54) is 0 Å². The Morgan fingerprint density at radius 2 is 2.23 bits per heavy atom. The molecule has 1 aliphatic rings. The van der Waals surface area contributed by atoms with Crippen LogP contribution in [0.25, 0.3) is 0 Å². The van der Waals surface area contributed by atoms with Crippen molar-refractivity contribution in [3.05, 3.63) is 22.8 Å². The second-order valence-electron chi connectivity index (χ2n) is 6.56. The highest BCUT2D eigenvalue weighted by atomic mass is 79.9. The predicted molar refractivity (Wildman–Crippen MR) is 88.0 cm³/mol. The molecular weight excluding hydrogens is 348 g/mol. The first kappa shape index (κ1) is 17.1. The van der Waals surface area contributed by atoms with Crippen LogP contribution in [-0.2, 0) is 4.74 Å². The van der Waals surface area contributed by atoms with Crippen molar-refractivity contribution in [1.29, 1.82) is 0 Å². The van der Waals surface area contributed by atoms with Crippen molar-refractivity contribution in [3.8, 4) is 5.88 Å². The highest BCUT2D eigenvalue weighted by Gasteiger charge is 2.27. The van der Waals surface area contributed by atoms with Crippen molar-refractivity contribution < 1.29 is 14.3 Å². The lowest BCUT2D eigenvalue weighted by atomic mass is 9.99. The number of rotatable bonds is 3. The molecule has 0 aromatic carbocycles. The molecule has 1 atom stereocenters. The largest absolute Gasteiger partial charge is 0.477 e. The van der Waals surface area contributed by atoms with Crippen molar-refractivity contribution in [2.75, 3.05) is 19.7 Å². The van der Waals surface area contributed by atoms with Gasteiger partial charge in [-0.2, -0.15) is 0 Å². The Kier molecular flexibility index (Phi) is 5.67. The van der Waals surface area contributed by atoms with E-state index in [0.717, 1.165) is 23.9 Å². The van der Waals surface area contributed by atoms with E-state index in [-0.39, 0.29) is 6.09 Å². The standard InChI is InChI=1S/C16H23BrN2O3/c1-16(2,3)22-15(20)19-8-4-5-12(10-19)11-21-14-7-6-13(17)9-18-14/h6-7,9,12H,4-5,8,10-11H2,1-3H3/t12-/m1/s1. The van der Waals surface area contributed by atoms with E-state index in [0.29, 0.717) is 24.9 Å². The van der Waals surface area contributed by atoms with Crippen molar-refractivity contribution >= 4 is 22.0 Å². The topological polar surface area (TPSA) is 51.7 Å². The zero-order valence-corrected chi connectivity index (χ0v) is 14.9. The van der Waals surface area contributed by atoms with E-state index in [4.69, 9.17) is 9.47 Å². The van der Waals surface area contributed by atoms with Crippen LogP contribution in [0.15, 0.2) is 22.8 Å². The average Bonchev–Trinajstić information content (AvgIpc) is 2.45. The SMILES string of the molecule is CC(C)(C)OC(=O)N1CCC[C@@H](COc2ccc(Br)cn2)C1. The summed E-state index contributed by atoms with van der Waals surface area (Å²) in [6, 6.07) is 3.73. The van der Waals surface area contributed by atoms with Gasteiger partial charge < -0.3 is 14.4 Å². The maximum Gasteiger partial charge on any atom is 0.410 e. The first-order valence-corrected chi connectivity index (χ1v) is 8.35. The van der Waals surface area contributed by atoms with Crippen LogP contribution >= 0.6 is 15.9 Å². The van der Waals surface area contributed by atoms with E-state index in [1.54, 1.807) is 11.1 Å². The lowest BCUT2D eigenvalue weighted by Gasteiger charge is -2.33. The van der Waals surface area contributed by atoms with Crippen LogP contribution in [0.1, 0.15) is 33.6 Å². The molecule has 1 saturated heterocycles. The summed E-state index contributed by atoms with van der Waals surface area (Å²) in [4.78, 5) is 18.1. The molecule has 0 unspecified atom stereocenters. The van der Waals surface area contributed by atoms with Gasteiger partial charge in [-0.05, 0) is 55.6 Å². The molecule has 0 saturated carbocycles. The minimum Gasteiger partial charge on any atom is -0.477 e. The first-order valence-electron chi connectivity index (χ1n) is 7.56. The van der Waals surface area contributed by atoms with Gasteiger partial charge in [-0.15, -0.1) is 0 Å². The molecule has 22 heavy (non-hydrogen) atoms. The molecule has 2 rings (SSSR count). The summed E-state index contributed by atoms with van der Waals surface area (Å²) in [7, 11) is 0. The summed E-state index contributed by atoms with van der Waals surface area (Å²) in [5, 5.41) is 0. The summed E-state index contributed by atoms with van der Waals surface area (Å²) in [5.74, 6) is 0.921. The summed E-state index contributed by atoms with van der Waals surface area (Å²) in [5.41, 5.74) is -0.456. The van der Waals surface area contributed by atoms with Gasteiger partial charge in [0.2, 0.25) is 5.88 Å². The van der Waals surface area contributed by atoms with Crippen molar-refractivity contribution in [2.45, 2.75) is 39.2 Å². The predicted octanol–water partition coefficient (Wildman–Crippen LogP) is 3.87. The Bertz CT molecular complexity index is 499. The molecular formula is C16H23BrN2O3. The van der Waals surface area contributed by atoms with Gasteiger partial charge in [0, 0.05) is 35.7 Å². The van der Waals surface area contributed by atoms with Crippen molar-refractivity contribution in [3.63, 3.8) is 0 Å². The van der Waals surface area contributed by atoms with E-state index >= 15 is 0 Å². The summed E-state index contributed by atoms with van der Waals surface area (Å²) >= 11 is 3.34. The average molecular weight is 371 g/mol. The number of hydrogen-bond acceptors (Lipinski definition) is 4. The molecule has 2 heterocycles. The van der Waals surface area contributed by atoms with Gasteiger partial charge in [0.1, 0.15) is 5.60 Å². The molecule has 122 valence electrons. The van der Waals surface area contributed by atoms with Crippen LogP contribution in [0.2, 0.25) is 0 Å². The zero-order chi connectivity index (χ0) is 16.2. The van der Waals surface area contributed by atoms with Crippen LogP contribution < -0.4 is 4.74 Å². The molecule has 1 fully saturated rings. The Morgan fingerprint density at radius 1 is 1.45 bits per heavy atom. The summed E-state index contributed by atoms with van der Waals surface area (Å²) in [6.07, 6.45) is 3.50. The fourth-order valence-corrected chi connectivity index (χ4v) is 2.58.